The van der Waals surface area contributed by atoms with E-state index in [0.717, 1.165) is 12.8 Å². The minimum Gasteiger partial charge on any atom is -0.179 e. The number of allylic oxidation sites excluding steroid dienone is 4. The molecule has 3 aromatic rings. The normalized spacial score (nSPS) is 11.7. The Morgan fingerprint density at radius 1 is 0.852 bits per heavy atom. The van der Waals surface area contributed by atoms with Crippen LogP contribution in [0.4, 0.5) is 0 Å². The molecular weight excluding hydrogens is 404 g/mol. The molecule has 0 saturated heterocycles. The molecule has 0 atom stereocenters. The fourth-order valence-corrected chi connectivity index (χ4v) is 3.36. The van der Waals surface area contributed by atoms with Crippen molar-refractivity contribution >= 4 is 3.71 Å². The zero-order chi connectivity index (χ0) is 18.0. The topological polar surface area (TPSA) is 0 Å². The van der Waals surface area contributed by atoms with Crippen LogP contribution in [-0.4, -0.2) is 3.71 Å². The van der Waals surface area contributed by atoms with Crippen LogP contribution in [0.1, 0.15) is 23.1 Å². The Hall–Kier alpha value is -2.11. The maximum absolute atomic E-state index is 3.30. The second kappa shape index (κ2) is 11.6. The average molecular weight is 427 g/mol. The van der Waals surface area contributed by atoms with Crippen LogP contribution in [0.2, 0.25) is 0 Å². The van der Waals surface area contributed by atoms with Crippen molar-refractivity contribution in [3.05, 3.63) is 127 Å². The number of hydrogen-bond donors (Lipinski definition) is 0. The third kappa shape index (κ3) is 6.22. The SMILES string of the molecule is [C-]1=CC=CC1.[CH3-].[Zr]=[CH]c1ccccc1.[c-]1cccc2c1Cc1ccccc1-2. The van der Waals surface area contributed by atoms with Crippen molar-refractivity contribution in [3.8, 4) is 11.1 Å². The number of rotatable bonds is 1. The van der Waals surface area contributed by atoms with Crippen molar-refractivity contribution in [2.45, 2.75) is 12.8 Å². The van der Waals surface area contributed by atoms with E-state index in [4.69, 9.17) is 0 Å². The van der Waals surface area contributed by atoms with Crippen LogP contribution in [0.15, 0.2) is 91.0 Å². The largest absolute Gasteiger partial charge is 0.179 e. The molecule has 0 heterocycles. The van der Waals surface area contributed by atoms with Crippen molar-refractivity contribution in [2.24, 2.45) is 0 Å². The molecule has 1 heteroatoms. The van der Waals surface area contributed by atoms with E-state index in [0.29, 0.717) is 0 Å². The minimum absolute atomic E-state index is 0. The summed E-state index contributed by atoms with van der Waals surface area (Å²) in [6, 6.07) is 28.5. The van der Waals surface area contributed by atoms with E-state index in [1.54, 1.807) is 0 Å². The van der Waals surface area contributed by atoms with Crippen molar-refractivity contribution in [2.75, 3.05) is 0 Å². The van der Waals surface area contributed by atoms with Crippen molar-refractivity contribution in [1.29, 1.82) is 0 Å². The third-order valence-electron chi connectivity index (χ3n) is 4.17. The van der Waals surface area contributed by atoms with E-state index < -0.39 is 0 Å². The van der Waals surface area contributed by atoms with Crippen molar-refractivity contribution < 1.29 is 24.2 Å². The monoisotopic (exact) mass is 425 g/mol. The Labute approximate surface area is 178 Å². The molecule has 0 spiro atoms. The molecule has 0 amide bonds. The summed E-state index contributed by atoms with van der Waals surface area (Å²) >= 11 is 1.46. The second-order valence-electron chi connectivity index (χ2n) is 5.95. The van der Waals surface area contributed by atoms with E-state index in [1.165, 1.54) is 52.1 Å². The van der Waals surface area contributed by atoms with E-state index in [2.05, 4.69) is 82.6 Å². The summed E-state index contributed by atoms with van der Waals surface area (Å²) in [5.74, 6) is 0. The van der Waals surface area contributed by atoms with Gasteiger partial charge in [0.1, 0.15) is 0 Å². The minimum atomic E-state index is 0. The van der Waals surface area contributed by atoms with Gasteiger partial charge in [-0.05, 0) is 6.42 Å². The van der Waals surface area contributed by atoms with Crippen LogP contribution in [0.5, 0.6) is 0 Å². The molecule has 0 nitrogen and oxygen atoms in total. The van der Waals surface area contributed by atoms with Crippen LogP contribution in [0.3, 0.4) is 0 Å². The van der Waals surface area contributed by atoms with Crippen molar-refractivity contribution in [3.63, 3.8) is 0 Å². The van der Waals surface area contributed by atoms with E-state index in [9.17, 15) is 0 Å². The summed E-state index contributed by atoms with van der Waals surface area (Å²) in [6.07, 6.45) is 11.0. The quantitative estimate of drug-likeness (QED) is 0.318. The first kappa shape index (κ1) is 21.2. The number of benzene rings is 3. The van der Waals surface area contributed by atoms with Gasteiger partial charge in [0.15, 0.2) is 0 Å². The van der Waals surface area contributed by atoms with Gasteiger partial charge < -0.3 is 7.43 Å². The maximum atomic E-state index is 3.30. The molecule has 5 rings (SSSR count). The number of hydrogen-bond acceptors (Lipinski definition) is 0. The number of fused-ring (bicyclic) bond motifs is 3. The first-order valence-electron chi connectivity index (χ1n) is 8.73. The van der Waals surface area contributed by atoms with Gasteiger partial charge in [-0.3, -0.25) is 6.08 Å². The molecule has 0 aromatic heterocycles. The Morgan fingerprint density at radius 2 is 1.59 bits per heavy atom. The Morgan fingerprint density at radius 3 is 2.22 bits per heavy atom. The zero-order valence-corrected chi connectivity index (χ0v) is 18.1. The predicted octanol–water partition coefficient (Wildman–Crippen LogP) is 6.20. The third-order valence-corrected chi connectivity index (χ3v) is 4.99. The summed E-state index contributed by atoms with van der Waals surface area (Å²) < 4.78 is 2.17. The molecule has 0 N–H and O–H groups in total. The molecule has 0 bridgehead atoms. The summed E-state index contributed by atoms with van der Waals surface area (Å²) in [5, 5.41) is 0. The molecule has 2 aliphatic rings. The molecule has 0 saturated carbocycles. The molecule has 134 valence electrons. The van der Waals surface area contributed by atoms with E-state index in [1.807, 2.05) is 24.3 Å². The Bertz CT molecular complexity index is 851. The molecule has 0 fully saturated rings. The maximum Gasteiger partial charge on any atom is -0.0253 e. The van der Waals surface area contributed by atoms with Crippen LogP contribution in [0.25, 0.3) is 11.1 Å². The van der Waals surface area contributed by atoms with Gasteiger partial charge in [-0.1, -0.05) is 35.4 Å². The van der Waals surface area contributed by atoms with Gasteiger partial charge in [0.05, 0.1) is 0 Å². The van der Waals surface area contributed by atoms with Crippen LogP contribution < -0.4 is 0 Å². The van der Waals surface area contributed by atoms with Crippen LogP contribution in [-0.2, 0) is 30.7 Å². The molecule has 27 heavy (non-hydrogen) atoms. The predicted molar refractivity (Wildman–Crippen MR) is 113 cm³/mol. The standard InChI is InChI=1S/C13H9.C7H6.C5H5.CH3.Zr/c1-3-7-12-10(5-1)9-11-6-2-4-8-13(11)12;1-7-5-3-2-4-6-7;1-2-4-5-3-1;;/h1-5,7-8H,9H2;1-6H;1-3H,4H2;1H3;/q-1;;2*-1;. The van der Waals surface area contributed by atoms with Gasteiger partial charge in [-0.15, -0.1) is 12.0 Å². The van der Waals surface area contributed by atoms with Crippen LogP contribution in [0, 0.1) is 19.6 Å². The summed E-state index contributed by atoms with van der Waals surface area (Å²) in [6.45, 7) is 0. The van der Waals surface area contributed by atoms with Crippen LogP contribution >= 0.6 is 0 Å². The summed E-state index contributed by atoms with van der Waals surface area (Å²) in [7, 11) is 0. The fraction of sp³-hybridized carbons (Fsp3) is 0.0769. The van der Waals surface area contributed by atoms with Gasteiger partial charge >= 0.3 is 63.8 Å². The first-order valence-corrected chi connectivity index (χ1v) is 10.2. The van der Waals surface area contributed by atoms with E-state index in [-0.39, 0.29) is 7.43 Å². The summed E-state index contributed by atoms with van der Waals surface area (Å²) in [4.78, 5) is 0. The molecule has 0 radical (unpaired) electrons. The second-order valence-corrected chi connectivity index (χ2v) is 6.66. The molecular formula is C26H23Zr-3. The zero-order valence-electron chi connectivity index (χ0n) is 15.7. The van der Waals surface area contributed by atoms with Gasteiger partial charge in [0.2, 0.25) is 0 Å². The Kier molecular flexibility index (Phi) is 9.09. The van der Waals surface area contributed by atoms with Gasteiger partial charge in [-0.2, -0.15) is 35.9 Å². The molecule has 0 unspecified atom stereocenters. The fourth-order valence-electron chi connectivity index (χ4n) is 2.89. The van der Waals surface area contributed by atoms with Gasteiger partial charge in [0.25, 0.3) is 0 Å². The summed E-state index contributed by atoms with van der Waals surface area (Å²) in [5.41, 5.74) is 6.84. The molecule has 2 aliphatic carbocycles. The smallest absolute Gasteiger partial charge is 0.0253 e. The van der Waals surface area contributed by atoms with E-state index >= 15 is 0 Å². The molecule has 0 aliphatic heterocycles. The van der Waals surface area contributed by atoms with Crippen molar-refractivity contribution in [1.82, 2.24) is 0 Å². The first-order chi connectivity index (χ1) is 12.9. The molecule has 3 aromatic carbocycles. The van der Waals surface area contributed by atoms with Gasteiger partial charge in [-0.25, -0.2) is 12.2 Å². The van der Waals surface area contributed by atoms with Gasteiger partial charge in [0, 0.05) is 0 Å². The average Bonchev–Trinajstić information content (AvgIpc) is 3.40. The Balaban J connectivity index is 0.000000161.